The molecule has 1 aromatic rings. The molecule has 2 heterocycles. The van der Waals surface area contributed by atoms with Crippen LogP contribution in [0.25, 0.3) is 0 Å². The zero-order valence-corrected chi connectivity index (χ0v) is 13.3. The van der Waals surface area contributed by atoms with Crippen LogP contribution in [-0.2, 0) is 9.84 Å². The van der Waals surface area contributed by atoms with E-state index in [4.69, 9.17) is 14.9 Å². The number of benzene rings is 1. The van der Waals surface area contributed by atoms with Gasteiger partial charge in [-0.25, -0.2) is 8.42 Å². The Bertz CT molecular complexity index is 689. The molecule has 1 N–H and O–H groups in total. The molecule has 0 radical (unpaired) electrons. The molecule has 0 spiro atoms. The van der Waals surface area contributed by atoms with E-state index in [0.29, 0.717) is 16.7 Å². The van der Waals surface area contributed by atoms with Crippen molar-refractivity contribution in [1.82, 2.24) is 0 Å². The predicted octanol–water partition coefficient (Wildman–Crippen LogP) is 1.36. The maximum absolute atomic E-state index is 11.8. The second-order valence-corrected chi connectivity index (χ2v) is 8.40. The lowest BCUT2D eigenvalue weighted by atomic mass is 10.2. The number of sulfone groups is 1. The number of amidine groups is 1. The summed E-state index contributed by atoms with van der Waals surface area (Å²) < 4.78 is 34.1. The lowest BCUT2D eigenvalue weighted by molar-refractivity contribution is 0.355. The minimum atomic E-state index is -3.01. The van der Waals surface area contributed by atoms with Gasteiger partial charge in [-0.1, -0.05) is 11.8 Å². The van der Waals surface area contributed by atoms with E-state index in [9.17, 15) is 8.42 Å². The van der Waals surface area contributed by atoms with Gasteiger partial charge in [0.15, 0.2) is 26.5 Å². The first-order valence-electron chi connectivity index (χ1n) is 6.42. The van der Waals surface area contributed by atoms with Crippen LogP contribution in [-0.4, -0.2) is 50.6 Å². The van der Waals surface area contributed by atoms with E-state index in [2.05, 4.69) is 0 Å². The van der Waals surface area contributed by atoms with Gasteiger partial charge in [-0.05, 0) is 12.1 Å². The van der Waals surface area contributed by atoms with Crippen molar-refractivity contribution in [3.63, 3.8) is 0 Å². The van der Waals surface area contributed by atoms with Gasteiger partial charge >= 0.3 is 0 Å². The zero-order chi connectivity index (χ0) is 15.2. The number of fused-ring (bicyclic) bond motifs is 1. The van der Waals surface area contributed by atoms with Crippen LogP contribution < -0.4 is 14.4 Å². The number of rotatable bonds is 3. The maximum Gasteiger partial charge on any atom is 0.162 e. The normalized spacial score (nSPS) is 26.8. The number of thioether (sulfide) groups is 1. The summed E-state index contributed by atoms with van der Waals surface area (Å²) in [5, 5.41) is 8.44. The molecule has 2 saturated heterocycles. The minimum absolute atomic E-state index is 0.0596. The Balaban J connectivity index is 1.98. The minimum Gasteiger partial charge on any atom is -0.493 e. The highest BCUT2D eigenvalue weighted by atomic mass is 32.2. The molecule has 2 aliphatic heterocycles. The topological polar surface area (TPSA) is 79.7 Å². The van der Waals surface area contributed by atoms with E-state index < -0.39 is 9.84 Å². The molecule has 2 fully saturated rings. The predicted molar refractivity (Wildman–Crippen MR) is 83.6 cm³/mol. The van der Waals surface area contributed by atoms with Gasteiger partial charge in [0.25, 0.3) is 0 Å². The monoisotopic (exact) mass is 328 g/mol. The van der Waals surface area contributed by atoms with Gasteiger partial charge in [0.1, 0.15) is 0 Å². The summed E-state index contributed by atoms with van der Waals surface area (Å²) in [5.74, 6) is 1.42. The number of hydrogen-bond acceptors (Lipinski definition) is 6. The van der Waals surface area contributed by atoms with E-state index in [-0.39, 0.29) is 22.8 Å². The Morgan fingerprint density at radius 1 is 1.24 bits per heavy atom. The molecular formula is C13H16N2O4S2. The van der Waals surface area contributed by atoms with Gasteiger partial charge in [-0.15, -0.1) is 0 Å². The molecule has 1 aromatic carbocycles. The molecule has 2 atom stereocenters. The summed E-state index contributed by atoms with van der Waals surface area (Å²) in [6.45, 7) is 0. The van der Waals surface area contributed by atoms with Crippen molar-refractivity contribution in [2.75, 3.05) is 30.6 Å². The van der Waals surface area contributed by atoms with E-state index in [1.807, 2.05) is 6.07 Å². The highest BCUT2D eigenvalue weighted by Gasteiger charge is 2.48. The Labute approximate surface area is 127 Å². The number of hydrogen-bond donors (Lipinski definition) is 1. The summed E-state index contributed by atoms with van der Waals surface area (Å²) in [6.07, 6.45) is 0. The Hall–Kier alpha value is -1.41. The Morgan fingerprint density at radius 3 is 2.62 bits per heavy atom. The zero-order valence-electron chi connectivity index (χ0n) is 11.7. The number of nitrogens with one attached hydrogen (secondary N) is 1. The smallest absolute Gasteiger partial charge is 0.162 e. The fourth-order valence-electron chi connectivity index (χ4n) is 2.78. The third-order valence-corrected chi connectivity index (χ3v) is 6.86. The molecule has 0 aromatic heterocycles. The number of methoxy groups -OCH3 is 2. The van der Waals surface area contributed by atoms with Crippen LogP contribution in [0, 0.1) is 5.41 Å². The first kappa shape index (κ1) is 14.5. The maximum atomic E-state index is 11.8. The first-order valence-corrected chi connectivity index (χ1v) is 9.12. The molecule has 0 unspecified atom stereocenters. The van der Waals surface area contributed by atoms with Gasteiger partial charge in [0.2, 0.25) is 0 Å². The molecule has 6 nitrogen and oxygen atoms in total. The van der Waals surface area contributed by atoms with Crippen molar-refractivity contribution in [2.24, 2.45) is 0 Å². The number of nitrogens with zero attached hydrogens (tertiary/aromatic N) is 1. The lowest BCUT2D eigenvalue weighted by Crippen LogP contribution is -2.37. The van der Waals surface area contributed by atoms with Gasteiger partial charge in [-0.2, -0.15) is 0 Å². The first-order chi connectivity index (χ1) is 9.95. The van der Waals surface area contributed by atoms with Gasteiger partial charge in [-0.3, -0.25) is 5.41 Å². The second kappa shape index (κ2) is 5.10. The van der Waals surface area contributed by atoms with Crippen LogP contribution in [0.15, 0.2) is 18.2 Å². The fourth-order valence-corrected chi connectivity index (χ4v) is 6.58. The molecular weight excluding hydrogens is 312 g/mol. The number of anilines is 1. The van der Waals surface area contributed by atoms with Gasteiger partial charge < -0.3 is 14.4 Å². The van der Waals surface area contributed by atoms with E-state index in [1.54, 1.807) is 31.3 Å². The van der Waals surface area contributed by atoms with E-state index in [1.165, 1.54) is 11.8 Å². The van der Waals surface area contributed by atoms with Crippen molar-refractivity contribution in [2.45, 2.75) is 11.3 Å². The van der Waals surface area contributed by atoms with Crippen LogP contribution in [0.2, 0.25) is 0 Å². The van der Waals surface area contributed by atoms with Crippen molar-refractivity contribution in [3.05, 3.63) is 18.2 Å². The molecule has 21 heavy (non-hydrogen) atoms. The second-order valence-electron chi connectivity index (χ2n) is 5.01. The van der Waals surface area contributed by atoms with Crippen LogP contribution in [0.1, 0.15) is 0 Å². The largest absolute Gasteiger partial charge is 0.493 e. The average Bonchev–Trinajstić information content (AvgIpc) is 2.88. The Morgan fingerprint density at radius 2 is 1.95 bits per heavy atom. The van der Waals surface area contributed by atoms with Gasteiger partial charge in [0, 0.05) is 17.0 Å². The van der Waals surface area contributed by atoms with Crippen LogP contribution in [0.3, 0.4) is 0 Å². The molecule has 0 aliphatic carbocycles. The van der Waals surface area contributed by atoms with Crippen molar-refractivity contribution in [1.29, 1.82) is 5.41 Å². The third-order valence-electron chi connectivity index (χ3n) is 3.73. The molecule has 8 heteroatoms. The van der Waals surface area contributed by atoms with Crippen LogP contribution in [0.5, 0.6) is 11.5 Å². The summed E-state index contributed by atoms with van der Waals surface area (Å²) in [5.41, 5.74) is 0.759. The number of ether oxygens (including phenoxy) is 2. The van der Waals surface area contributed by atoms with Crippen molar-refractivity contribution >= 4 is 32.5 Å². The average molecular weight is 328 g/mol. The fraction of sp³-hybridized carbons (Fsp3) is 0.462. The van der Waals surface area contributed by atoms with Crippen molar-refractivity contribution < 1.29 is 17.9 Å². The molecule has 0 amide bonds. The molecule has 114 valence electrons. The molecule has 0 bridgehead atoms. The van der Waals surface area contributed by atoms with Gasteiger partial charge in [0.05, 0.1) is 31.8 Å². The molecule has 2 aliphatic rings. The molecule has 3 rings (SSSR count). The highest BCUT2D eigenvalue weighted by Crippen LogP contribution is 2.42. The van der Waals surface area contributed by atoms with Crippen LogP contribution >= 0.6 is 11.8 Å². The summed E-state index contributed by atoms with van der Waals surface area (Å²) in [4.78, 5) is 1.78. The van der Waals surface area contributed by atoms with Crippen molar-refractivity contribution in [3.8, 4) is 11.5 Å². The summed E-state index contributed by atoms with van der Waals surface area (Å²) in [6, 6.07) is 5.19. The van der Waals surface area contributed by atoms with Crippen LogP contribution in [0.4, 0.5) is 5.69 Å². The van der Waals surface area contributed by atoms with E-state index >= 15 is 0 Å². The standard InChI is InChI=1S/C13H16N2O4S2/c1-18-10-4-3-8(5-11(10)19-2)15-9-6-21(16,17)7-12(9)20-13(15)14/h3-5,9,12,14H,6-7H2,1-2H3/t9-,12-/m1/s1. The van der Waals surface area contributed by atoms with E-state index in [0.717, 1.165) is 5.69 Å². The Kier molecular flexibility index (Phi) is 3.53. The molecule has 0 saturated carbocycles. The quantitative estimate of drug-likeness (QED) is 0.902. The highest BCUT2D eigenvalue weighted by molar-refractivity contribution is 8.15. The lowest BCUT2D eigenvalue weighted by Gasteiger charge is -2.24. The summed E-state index contributed by atoms with van der Waals surface area (Å²) >= 11 is 1.32. The third kappa shape index (κ3) is 2.46. The summed E-state index contributed by atoms with van der Waals surface area (Å²) in [7, 11) is 0.0970. The SMILES string of the molecule is COc1ccc(N2C(=N)S[C@@H]3CS(=O)(=O)C[C@H]32)cc1OC.